The number of carbonyl (C=O) groups is 1. The molecular formula is C8H14ClN3O. The van der Waals surface area contributed by atoms with Gasteiger partial charge in [0.1, 0.15) is 5.41 Å². The molecule has 1 N–H and O–H groups in total. The van der Waals surface area contributed by atoms with Gasteiger partial charge >= 0.3 is 0 Å². The van der Waals surface area contributed by atoms with Crippen LogP contribution in [0, 0.1) is 5.41 Å². The minimum Gasteiger partial charge on any atom is -0.315 e. The second-order valence-electron chi connectivity index (χ2n) is 3.63. The summed E-state index contributed by atoms with van der Waals surface area (Å²) in [5.74, 6) is 0.115. The number of carbonyl (C=O) groups excluding carboxylic acids is 1. The van der Waals surface area contributed by atoms with E-state index in [4.69, 9.17) is 0 Å². The maximum atomic E-state index is 11.6. The molecule has 0 saturated carbocycles. The zero-order chi connectivity index (χ0) is 8.77. The molecule has 74 valence electrons. The van der Waals surface area contributed by atoms with E-state index < -0.39 is 0 Å². The Balaban J connectivity index is 0.000000845. The summed E-state index contributed by atoms with van der Waals surface area (Å²) in [4.78, 5) is 11.6. The maximum Gasteiger partial charge on any atom is 0.255 e. The smallest absolute Gasteiger partial charge is 0.255 e. The Hall–Kier alpha value is -0.610. The van der Waals surface area contributed by atoms with Gasteiger partial charge in [-0.15, -0.1) is 12.4 Å². The van der Waals surface area contributed by atoms with Gasteiger partial charge in [0.2, 0.25) is 0 Å². The number of hydrogen-bond donors (Lipinski definition) is 1. The van der Waals surface area contributed by atoms with Crippen molar-refractivity contribution < 1.29 is 4.79 Å². The van der Waals surface area contributed by atoms with Crippen LogP contribution in [0.1, 0.15) is 13.3 Å². The van der Waals surface area contributed by atoms with Crippen molar-refractivity contribution in [2.75, 3.05) is 20.1 Å². The molecule has 0 radical (unpaired) electrons. The summed E-state index contributed by atoms with van der Waals surface area (Å²) in [5, 5.41) is 8.90. The highest BCUT2D eigenvalue weighted by Crippen LogP contribution is 2.30. The standard InChI is InChI=1S/C8H13N3O.ClH/c1-8-5-9-4-3-6(8)10-11(2)7(8)12;/h9H,3-5H2,1-2H3;1H/t8-;/m0./s1. The number of rotatable bonds is 0. The van der Waals surface area contributed by atoms with E-state index in [-0.39, 0.29) is 23.7 Å². The predicted octanol–water partition coefficient (Wildman–Crippen LogP) is 0.236. The summed E-state index contributed by atoms with van der Waals surface area (Å²) in [7, 11) is 1.72. The third-order valence-corrected chi connectivity index (χ3v) is 2.69. The van der Waals surface area contributed by atoms with Crippen LogP contribution in [0.4, 0.5) is 0 Å². The van der Waals surface area contributed by atoms with E-state index in [9.17, 15) is 4.79 Å². The molecule has 4 nitrogen and oxygen atoms in total. The van der Waals surface area contributed by atoms with Gasteiger partial charge in [0.15, 0.2) is 0 Å². The maximum absolute atomic E-state index is 11.6. The molecule has 5 heteroatoms. The van der Waals surface area contributed by atoms with Crippen molar-refractivity contribution in [2.24, 2.45) is 10.5 Å². The summed E-state index contributed by atoms with van der Waals surface area (Å²) < 4.78 is 0. The molecule has 1 fully saturated rings. The van der Waals surface area contributed by atoms with Gasteiger partial charge in [0, 0.05) is 26.6 Å². The van der Waals surface area contributed by atoms with E-state index in [1.54, 1.807) is 7.05 Å². The number of nitrogens with zero attached hydrogens (tertiary/aromatic N) is 2. The second kappa shape index (κ2) is 3.27. The molecule has 0 bridgehead atoms. The van der Waals surface area contributed by atoms with Crippen LogP contribution in [0.15, 0.2) is 5.10 Å². The fraction of sp³-hybridized carbons (Fsp3) is 0.750. The summed E-state index contributed by atoms with van der Waals surface area (Å²) >= 11 is 0. The molecule has 2 aliphatic rings. The Bertz CT molecular complexity index is 266. The molecule has 1 amide bonds. The molecule has 0 aromatic rings. The fourth-order valence-electron chi connectivity index (χ4n) is 1.87. The van der Waals surface area contributed by atoms with E-state index in [1.807, 2.05) is 6.92 Å². The van der Waals surface area contributed by atoms with E-state index in [0.29, 0.717) is 0 Å². The number of hydrogen-bond acceptors (Lipinski definition) is 3. The Labute approximate surface area is 83.8 Å². The number of piperidine rings is 1. The van der Waals surface area contributed by atoms with E-state index >= 15 is 0 Å². The van der Waals surface area contributed by atoms with E-state index in [1.165, 1.54) is 5.01 Å². The first-order chi connectivity index (χ1) is 5.64. The monoisotopic (exact) mass is 203 g/mol. The lowest BCUT2D eigenvalue weighted by Gasteiger charge is -2.28. The SMILES string of the molecule is CN1N=C2CCNC[C@]2(C)C1=O.Cl. The first kappa shape index (κ1) is 10.5. The Morgan fingerprint density at radius 3 is 2.92 bits per heavy atom. The molecule has 2 aliphatic heterocycles. The van der Waals surface area contributed by atoms with Crippen molar-refractivity contribution in [3.8, 4) is 0 Å². The Morgan fingerprint density at radius 1 is 1.62 bits per heavy atom. The average molecular weight is 204 g/mol. The van der Waals surface area contributed by atoms with Gasteiger partial charge in [-0.25, -0.2) is 5.01 Å². The molecular weight excluding hydrogens is 190 g/mol. The van der Waals surface area contributed by atoms with Crippen LogP contribution in [-0.2, 0) is 4.79 Å². The van der Waals surface area contributed by atoms with Gasteiger partial charge in [-0.2, -0.15) is 5.10 Å². The number of fused-ring (bicyclic) bond motifs is 1. The van der Waals surface area contributed by atoms with Crippen LogP contribution >= 0.6 is 12.4 Å². The highest BCUT2D eigenvalue weighted by molar-refractivity contribution is 6.12. The third-order valence-electron chi connectivity index (χ3n) is 2.69. The van der Waals surface area contributed by atoms with Crippen LogP contribution in [0.5, 0.6) is 0 Å². The summed E-state index contributed by atoms with van der Waals surface area (Å²) in [6.07, 6.45) is 0.895. The van der Waals surface area contributed by atoms with E-state index in [2.05, 4.69) is 10.4 Å². The molecule has 0 aliphatic carbocycles. The summed E-state index contributed by atoms with van der Waals surface area (Å²) in [6.45, 7) is 3.63. The van der Waals surface area contributed by atoms with Gasteiger partial charge < -0.3 is 5.32 Å². The summed E-state index contributed by atoms with van der Waals surface area (Å²) in [6, 6.07) is 0. The topological polar surface area (TPSA) is 44.7 Å². The molecule has 0 unspecified atom stereocenters. The number of hydrazone groups is 1. The van der Waals surface area contributed by atoms with Crippen LogP contribution in [-0.4, -0.2) is 36.8 Å². The number of amides is 1. The Kier molecular flexibility index (Phi) is 2.63. The predicted molar refractivity (Wildman–Crippen MR) is 53.0 cm³/mol. The largest absolute Gasteiger partial charge is 0.315 e. The fourth-order valence-corrected chi connectivity index (χ4v) is 1.87. The Morgan fingerprint density at radius 2 is 2.31 bits per heavy atom. The van der Waals surface area contributed by atoms with Crippen LogP contribution in [0.3, 0.4) is 0 Å². The first-order valence-electron chi connectivity index (χ1n) is 4.21. The first-order valence-corrected chi connectivity index (χ1v) is 4.21. The van der Waals surface area contributed by atoms with Crippen molar-refractivity contribution in [1.82, 2.24) is 10.3 Å². The molecule has 1 saturated heterocycles. The van der Waals surface area contributed by atoms with Gasteiger partial charge in [-0.1, -0.05) is 0 Å². The van der Waals surface area contributed by atoms with Gasteiger partial charge in [-0.3, -0.25) is 4.79 Å². The minimum atomic E-state index is -0.354. The highest BCUT2D eigenvalue weighted by Gasteiger charge is 2.46. The molecule has 1 atom stereocenters. The average Bonchev–Trinajstić information content (AvgIpc) is 2.28. The molecule has 0 aromatic carbocycles. The van der Waals surface area contributed by atoms with Crippen molar-refractivity contribution in [3.05, 3.63) is 0 Å². The molecule has 2 heterocycles. The molecule has 0 spiro atoms. The third kappa shape index (κ3) is 1.34. The van der Waals surface area contributed by atoms with E-state index in [0.717, 1.165) is 25.2 Å². The normalized spacial score (nSPS) is 32.3. The van der Waals surface area contributed by atoms with Crippen molar-refractivity contribution >= 4 is 24.0 Å². The van der Waals surface area contributed by atoms with Crippen LogP contribution in [0.25, 0.3) is 0 Å². The lowest BCUT2D eigenvalue weighted by Crippen LogP contribution is -2.48. The van der Waals surface area contributed by atoms with Crippen molar-refractivity contribution in [2.45, 2.75) is 13.3 Å². The molecule has 13 heavy (non-hydrogen) atoms. The molecule has 0 aromatic heterocycles. The summed E-state index contributed by atoms with van der Waals surface area (Å²) in [5.41, 5.74) is 0.682. The van der Waals surface area contributed by atoms with Gasteiger partial charge in [-0.05, 0) is 6.92 Å². The lowest BCUT2D eigenvalue weighted by atomic mass is 9.81. The van der Waals surface area contributed by atoms with Crippen LogP contribution < -0.4 is 5.32 Å². The zero-order valence-electron chi connectivity index (χ0n) is 7.83. The second-order valence-corrected chi connectivity index (χ2v) is 3.63. The lowest BCUT2D eigenvalue weighted by molar-refractivity contribution is -0.134. The zero-order valence-corrected chi connectivity index (χ0v) is 8.65. The van der Waals surface area contributed by atoms with Crippen molar-refractivity contribution in [1.29, 1.82) is 0 Å². The van der Waals surface area contributed by atoms with Crippen molar-refractivity contribution in [3.63, 3.8) is 0 Å². The number of nitrogens with one attached hydrogen (secondary N) is 1. The highest BCUT2D eigenvalue weighted by atomic mass is 35.5. The quantitative estimate of drug-likeness (QED) is 0.613. The number of halogens is 1. The van der Waals surface area contributed by atoms with Crippen LogP contribution in [0.2, 0.25) is 0 Å². The van der Waals surface area contributed by atoms with Gasteiger partial charge in [0.05, 0.1) is 5.71 Å². The van der Waals surface area contributed by atoms with Gasteiger partial charge in [0.25, 0.3) is 5.91 Å². The molecule has 2 rings (SSSR count). The minimum absolute atomic E-state index is 0.